The largest absolute Gasteiger partial charge is 0.260 e. The quantitative estimate of drug-likeness (QED) is 0.578. The molecular weight excluding hydrogens is 267 g/mol. The van der Waals surface area contributed by atoms with Gasteiger partial charge in [-0.3, -0.25) is 0 Å². The van der Waals surface area contributed by atoms with E-state index in [4.69, 9.17) is 22.2 Å². The maximum Gasteiger partial charge on any atom is 0.260 e. The molecule has 0 radical (unpaired) electrons. The van der Waals surface area contributed by atoms with Crippen molar-refractivity contribution in [2.75, 3.05) is 0 Å². The molecule has 0 aromatic heterocycles. The summed E-state index contributed by atoms with van der Waals surface area (Å²) in [5.41, 5.74) is 5.41. The fraction of sp³-hybridized carbons (Fsp3) is 0. The Labute approximate surface area is 113 Å². The molecular formula is C14H12Cl2Si. The minimum absolute atomic E-state index is 1.12. The van der Waals surface area contributed by atoms with Crippen molar-refractivity contribution < 1.29 is 0 Å². The third kappa shape index (κ3) is 3.47. The van der Waals surface area contributed by atoms with Gasteiger partial charge in [-0.15, -0.1) is 22.2 Å². The number of rotatable bonds is 3. The van der Waals surface area contributed by atoms with Crippen molar-refractivity contribution in [1.82, 2.24) is 0 Å². The second-order valence-electron chi connectivity index (χ2n) is 3.65. The lowest BCUT2D eigenvalue weighted by atomic mass is 10.00. The van der Waals surface area contributed by atoms with E-state index in [0.29, 0.717) is 0 Å². The fourth-order valence-corrected chi connectivity index (χ4v) is 3.11. The molecule has 0 fully saturated rings. The standard InChI is InChI=1S/C14H12Cl2Si/c15-17(16)11-14(12-7-3-1-4-8-12)13-9-5-2-6-10-13/h1-11,17H. The lowest BCUT2D eigenvalue weighted by Gasteiger charge is -2.08. The Morgan fingerprint density at radius 3 is 1.53 bits per heavy atom. The van der Waals surface area contributed by atoms with E-state index in [-0.39, 0.29) is 0 Å². The van der Waals surface area contributed by atoms with Crippen LogP contribution in [-0.2, 0) is 0 Å². The summed E-state index contributed by atoms with van der Waals surface area (Å²) in [6.07, 6.45) is 0. The molecule has 0 saturated carbocycles. The monoisotopic (exact) mass is 278 g/mol. The van der Waals surface area contributed by atoms with Gasteiger partial charge in [0.25, 0.3) is 7.42 Å². The SMILES string of the molecule is Cl[SiH](Cl)C=C(c1ccccc1)c1ccccc1. The Morgan fingerprint density at radius 2 is 1.18 bits per heavy atom. The highest BCUT2D eigenvalue weighted by molar-refractivity contribution is 7.36. The van der Waals surface area contributed by atoms with E-state index in [2.05, 4.69) is 24.3 Å². The number of halogens is 2. The zero-order valence-electron chi connectivity index (χ0n) is 9.18. The predicted octanol–water partition coefficient (Wildman–Crippen LogP) is 4.36. The van der Waals surface area contributed by atoms with Crippen molar-refractivity contribution in [1.29, 1.82) is 0 Å². The molecule has 0 unspecified atom stereocenters. The van der Waals surface area contributed by atoms with Crippen LogP contribution in [0.15, 0.2) is 66.4 Å². The van der Waals surface area contributed by atoms with Crippen LogP contribution < -0.4 is 0 Å². The van der Waals surface area contributed by atoms with E-state index < -0.39 is 7.42 Å². The number of hydrogen-bond donors (Lipinski definition) is 0. The smallest absolute Gasteiger partial charge is 0.145 e. The number of hydrogen-bond acceptors (Lipinski definition) is 0. The average molecular weight is 279 g/mol. The molecule has 0 aliphatic heterocycles. The number of benzene rings is 2. The normalized spacial score (nSPS) is 10.3. The van der Waals surface area contributed by atoms with E-state index in [9.17, 15) is 0 Å². The van der Waals surface area contributed by atoms with Gasteiger partial charge >= 0.3 is 0 Å². The minimum atomic E-state index is -1.79. The van der Waals surface area contributed by atoms with Crippen LogP contribution in [-0.4, -0.2) is 7.42 Å². The van der Waals surface area contributed by atoms with Crippen molar-refractivity contribution in [2.24, 2.45) is 0 Å². The van der Waals surface area contributed by atoms with Crippen LogP contribution >= 0.6 is 22.2 Å². The molecule has 86 valence electrons. The van der Waals surface area contributed by atoms with Gasteiger partial charge < -0.3 is 0 Å². The van der Waals surface area contributed by atoms with Gasteiger partial charge in [-0.05, 0) is 16.7 Å². The highest BCUT2D eigenvalue weighted by Crippen LogP contribution is 2.24. The maximum atomic E-state index is 6.00. The molecule has 0 saturated heterocycles. The molecule has 0 spiro atoms. The Balaban J connectivity index is 2.47. The third-order valence-corrected chi connectivity index (χ3v) is 3.80. The lowest BCUT2D eigenvalue weighted by molar-refractivity contribution is 1.55. The second-order valence-corrected chi connectivity index (χ2v) is 8.14. The Hall–Kier alpha value is -1.02. The third-order valence-electron chi connectivity index (χ3n) is 2.46. The topological polar surface area (TPSA) is 0 Å². The molecule has 17 heavy (non-hydrogen) atoms. The van der Waals surface area contributed by atoms with Gasteiger partial charge in [0, 0.05) is 0 Å². The van der Waals surface area contributed by atoms with Crippen LogP contribution in [0, 0.1) is 0 Å². The van der Waals surface area contributed by atoms with Crippen LogP contribution in [0.4, 0.5) is 0 Å². The van der Waals surface area contributed by atoms with E-state index in [0.717, 1.165) is 16.7 Å². The van der Waals surface area contributed by atoms with Gasteiger partial charge in [0.1, 0.15) is 0 Å². The predicted molar refractivity (Wildman–Crippen MR) is 78.8 cm³/mol. The van der Waals surface area contributed by atoms with Crippen molar-refractivity contribution >= 4 is 35.1 Å². The first-order valence-corrected chi connectivity index (χ1v) is 9.54. The van der Waals surface area contributed by atoms with Crippen LogP contribution in [0.3, 0.4) is 0 Å². The van der Waals surface area contributed by atoms with E-state index in [1.807, 2.05) is 42.1 Å². The van der Waals surface area contributed by atoms with Crippen molar-refractivity contribution in [2.45, 2.75) is 0 Å². The minimum Gasteiger partial charge on any atom is -0.145 e. The highest BCUT2D eigenvalue weighted by Gasteiger charge is 2.07. The maximum absolute atomic E-state index is 6.00. The van der Waals surface area contributed by atoms with Crippen molar-refractivity contribution in [3.8, 4) is 0 Å². The van der Waals surface area contributed by atoms with Crippen LogP contribution in [0.25, 0.3) is 5.57 Å². The molecule has 0 atom stereocenters. The van der Waals surface area contributed by atoms with Gasteiger partial charge in [-0.1, -0.05) is 66.4 Å². The molecule has 3 heteroatoms. The Morgan fingerprint density at radius 1 is 0.765 bits per heavy atom. The summed E-state index contributed by atoms with van der Waals surface area (Å²) >= 11 is 12.0. The summed E-state index contributed by atoms with van der Waals surface area (Å²) in [4.78, 5) is 0. The van der Waals surface area contributed by atoms with Crippen LogP contribution in [0.1, 0.15) is 11.1 Å². The molecule has 0 aliphatic carbocycles. The Kier molecular flexibility index (Phi) is 4.43. The van der Waals surface area contributed by atoms with Crippen LogP contribution in [0.5, 0.6) is 0 Å². The first-order chi connectivity index (χ1) is 8.27. The summed E-state index contributed by atoms with van der Waals surface area (Å²) in [7, 11) is -1.79. The van der Waals surface area contributed by atoms with Gasteiger partial charge in [0.15, 0.2) is 0 Å². The first kappa shape index (κ1) is 12.4. The molecule has 0 aliphatic rings. The Bertz CT molecular complexity index is 451. The van der Waals surface area contributed by atoms with Crippen LogP contribution in [0.2, 0.25) is 0 Å². The molecule has 0 bridgehead atoms. The summed E-state index contributed by atoms with van der Waals surface area (Å²) in [5, 5.41) is 0. The summed E-state index contributed by atoms with van der Waals surface area (Å²) in [6, 6.07) is 20.4. The summed E-state index contributed by atoms with van der Waals surface area (Å²) in [5.74, 6) is 0. The van der Waals surface area contributed by atoms with Gasteiger partial charge in [0.2, 0.25) is 0 Å². The van der Waals surface area contributed by atoms with Gasteiger partial charge in [-0.25, -0.2) is 0 Å². The molecule has 0 amide bonds. The molecule has 2 aromatic rings. The van der Waals surface area contributed by atoms with E-state index in [1.54, 1.807) is 0 Å². The first-order valence-electron chi connectivity index (χ1n) is 5.38. The fourth-order valence-electron chi connectivity index (χ4n) is 1.72. The van der Waals surface area contributed by atoms with E-state index >= 15 is 0 Å². The van der Waals surface area contributed by atoms with Gasteiger partial charge in [0.05, 0.1) is 0 Å². The molecule has 0 heterocycles. The molecule has 0 nitrogen and oxygen atoms in total. The van der Waals surface area contributed by atoms with E-state index in [1.165, 1.54) is 0 Å². The zero-order chi connectivity index (χ0) is 12.1. The summed E-state index contributed by atoms with van der Waals surface area (Å²) in [6.45, 7) is 0. The summed E-state index contributed by atoms with van der Waals surface area (Å²) < 4.78 is 0. The van der Waals surface area contributed by atoms with Crippen molar-refractivity contribution in [3.05, 3.63) is 77.5 Å². The van der Waals surface area contributed by atoms with Gasteiger partial charge in [-0.2, -0.15) is 0 Å². The molecule has 2 aromatic carbocycles. The molecule has 2 rings (SSSR count). The highest BCUT2D eigenvalue weighted by atomic mass is 35.7. The zero-order valence-corrected chi connectivity index (χ0v) is 11.9. The van der Waals surface area contributed by atoms with Crippen molar-refractivity contribution in [3.63, 3.8) is 0 Å². The molecule has 0 N–H and O–H groups in total. The lowest BCUT2D eigenvalue weighted by Crippen LogP contribution is -1.93. The second kappa shape index (κ2) is 6.06. The average Bonchev–Trinajstić information content (AvgIpc) is 2.38.